The fourth-order valence-electron chi connectivity index (χ4n) is 1.54. The highest BCUT2D eigenvalue weighted by Gasteiger charge is 2.02. The van der Waals surface area contributed by atoms with Gasteiger partial charge in [0.05, 0.1) is 5.52 Å². The van der Waals surface area contributed by atoms with Crippen LogP contribution < -0.4 is 5.32 Å². The Morgan fingerprint density at radius 3 is 2.83 bits per heavy atom. The van der Waals surface area contributed by atoms with Gasteiger partial charge in [0.25, 0.3) is 0 Å². The Labute approximate surface area is 102 Å². The van der Waals surface area contributed by atoms with Gasteiger partial charge >= 0.3 is 0 Å². The molecule has 0 aliphatic rings. The second kappa shape index (κ2) is 4.74. The molecule has 3 rings (SSSR count). The molecule has 90 valence electrons. The molecular weight excluding hydrogens is 232 g/mol. The van der Waals surface area contributed by atoms with Crippen molar-refractivity contribution in [3.63, 3.8) is 0 Å². The summed E-state index contributed by atoms with van der Waals surface area (Å²) in [4.78, 5) is 8.27. The molecule has 1 aromatic carbocycles. The Kier molecular flexibility index (Phi) is 2.79. The van der Waals surface area contributed by atoms with Gasteiger partial charge in [-0.1, -0.05) is 17.3 Å². The summed E-state index contributed by atoms with van der Waals surface area (Å²) in [7, 11) is 0. The van der Waals surface area contributed by atoms with Crippen LogP contribution in [0.1, 0.15) is 5.89 Å². The number of para-hydroxylation sites is 1. The highest BCUT2D eigenvalue weighted by molar-refractivity contribution is 5.73. The van der Waals surface area contributed by atoms with Crippen molar-refractivity contribution in [3.05, 3.63) is 36.5 Å². The molecule has 1 N–H and O–H groups in total. The minimum atomic E-state index is 0.494. The second-order valence-electron chi connectivity index (χ2n) is 3.64. The van der Waals surface area contributed by atoms with Crippen LogP contribution >= 0.6 is 0 Å². The Hall–Kier alpha value is -2.57. The number of rotatable bonds is 4. The average molecular weight is 242 g/mol. The van der Waals surface area contributed by atoms with E-state index in [0.29, 0.717) is 24.8 Å². The maximum atomic E-state index is 4.88. The van der Waals surface area contributed by atoms with E-state index in [2.05, 4.69) is 30.6 Å². The molecule has 18 heavy (non-hydrogen) atoms. The lowest BCUT2D eigenvalue weighted by molar-refractivity contribution is 0.379. The van der Waals surface area contributed by atoms with Gasteiger partial charge in [0.2, 0.25) is 11.8 Å². The molecule has 0 fully saturated rings. The molecular formula is C11H10N6O. The van der Waals surface area contributed by atoms with E-state index < -0.39 is 0 Å². The first kappa shape index (κ1) is 10.6. The monoisotopic (exact) mass is 242 g/mol. The van der Waals surface area contributed by atoms with Crippen LogP contribution in [-0.2, 0) is 6.42 Å². The standard InChI is InChI=1S/C11H10N6O/c1-2-4-9-8(3-1)15-11(17-16-9)12-6-5-10-13-7-14-18-10/h1-4,7H,5-6H2,(H,12,15,17). The minimum Gasteiger partial charge on any atom is -0.352 e. The van der Waals surface area contributed by atoms with Gasteiger partial charge < -0.3 is 9.84 Å². The first-order valence-electron chi connectivity index (χ1n) is 5.51. The van der Waals surface area contributed by atoms with E-state index in [1.54, 1.807) is 0 Å². The van der Waals surface area contributed by atoms with Crippen LogP contribution in [0.3, 0.4) is 0 Å². The van der Waals surface area contributed by atoms with Crippen molar-refractivity contribution >= 4 is 17.0 Å². The zero-order chi connectivity index (χ0) is 12.2. The Bertz CT molecular complexity index is 639. The Balaban J connectivity index is 1.67. The number of nitrogens with zero attached hydrogens (tertiary/aromatic N) is 5. The maximum Gasteiger partial charge on any atom is 0.243 e. The SMILES string of the molecule is c1ccc2nc(NCCc3ncno3)nnc2c1. The molecule has 0 bridgehead atoms. The fraction of sp³-hybridized carbons (Fsp3) is 0.182. The summed E-state index contributed by atoms with van der Waals surface area (Å²) in [6.07, 6.45) is 2.00. The van der Waals surface area contributed by atoms with Crippen molar-refractivity contribution in [1.82, 2.24) is 25.3 Å². The summed E-state index contributed by atoms with van der Waals surface area (Å²) in [5, 5.41) is 14.7. The number of fused-ring (bicyclic) bond motifs is 1. The zero-order valence-corrected chi connectivity index (χ0v) is 9.45. The van der Waals surface area contributed by atoms with Crippen LogP contribution in [-0.4, -0.2) is 31.9 Å². The van der Waals surface area contributed by atoms with E-state index in [1.807, 2.05) is 24.3 Å². The van der Waals surface area contributed by atoms with Crippen LogP contribution in [0.4, 0.5) is 5.95 Å². The van der Waals surface area contributed by atoms with Crippen LogP contribution in [0, 0.1) is 0 Å². The van der Waals surface area contributed by atoms with Crippen molar-refractivity contribution in [2.75, 3.05) is 11.9 Å². The van der Waals surface area contributed by atoms with Gasteiger partial charge in [-0.15, -0.1) is 10.2 Å². The van der Waals surface area contributed by atoms with Gasteiger partial charge in [0.1, 0.15) is 5.52 Å². The largest absolute Gasteiger partial charge is 0.352 e. The number of aromatic nitrogens is 5. The van der Waals surface area contributed by atoms with Crippen LogP contribution in [0.25, 0.3) is 11.0 Å². The second-order valence-corrected chi connectivity index (χ2v) is 3.64. The van der Waals surface area contributed by atoms with E-state index in [1.165, 1.54) is 6.33 Å². The normalized spacial score (nSPS) is 10.7. The van der Waals surface area contributed by atoms with E-state index in [9.17, 15) is 0 Å². The van der Waals surface area contributed by atoms with Crippen LogP contribution in [0.5, 0.6) is 0 Å². The van der Waals surface area contributed by atoms with Crippen LogP contribution in [0.2, 0.25) is 0 Å². The van der Waals surface area contributed by atoms with E-state index >= 15 is 0 Å². The van der Waals surface area contributed by atoms with Gasteiger partial charge in [0.15, 0.2) is 6.33 Å². The molecule has 7 heteroatoms. The predicted octanol–water partition coefficient (Wildman–Crippen LogP) is 1.06. The molecule has 0 radical (unpaired) electrons. The average Bonchev–Trinajstić information content (AvgIpc) is 2.92. The number of benzene rings is 1. The third kappa shape index (κ3) is 2.24. The molecule has 0 saturated carbocycles. The van der Waals surface area contributed by atoms with Gasteiger partial charge in [-0.3, -0.25) is 0 Å². The van der Waals surface area contributed by atoms with E-state index in [-0.39, 0.29) is 0 Å². The molecule has 0 aliphatic carbocycles. The molecule has 0 atom stereocenters. The van der Waals surface area contributed by atoms with E-state index in [4.69, 9.17) is 4.52 Å². The molecule has 0 aliphatic heterocycles. The Morgan fingerprint density at radius 1 is 1.11 bits per heavy atom. The summed E-state index contributed by atoms with van der Waals surface area (Å²) in [5.74, 6) is 1.07. The highest BCUT2D eigenvalue weighted by atomic mass is 16.5. The lowest BCUT2D eigenvalue weighted by Gasteiger charge is -2.02. The molecule has 7 nitrogen and oxygen atoms in total. The number of hydrogen-bond acceptors (Lipinski definition) is 7. The first-order chi connectivity index (χ1) is 8.92. The number of hydrogen-bond donors (Lipinski definition) is 1. The summed E-state index contributed by atoms with van der Waals surface area (Å²) in [6, 6.07) is 7.59. The summed E-state index contributed by atoms with van der Waals surface area (Å²) in [5.41, 5.74) is 1.59. The smallest absolute Gasteiger partial charge is 0.243 e. The van der Waals surface area contributed by atoms with Gasteiger partial charge in [-0.05, 0) is 12.1 Å². The quantitative estimate of drug-likeness (QED) is 0.731. The van der Waals surface area contributed by atoms with Crippen LogP contribution in [0.15, 0.2) is 35.1 Å². The third-order valence-electron chi connectivity index (χ3n) is 2.39. The summed E-state index contributed by atoms with van der Waals surface area (Å²) in [6.45, 7) is 0.613. The van der Waals surface area contributed by atoms with Crippen molar-refractivity contribution in [2.24, 2.45) is 0 Å². The van der Waals surface area contributed by atoms with Crippen molar-refractivity contribution in [3.8, 4) is 0 Å². The van der Waals surface area contributed by atoms with Crippen molar-refractivity contribution in [2.45, 2.75) is 6.42 Å². The Morgan fingerprint density at radius 2 is 2.00 bits per heavy atom. The minimum absolute atomic E-state index is 0.494. The molecule has 3 aromatic rings. The lowest BCUT2D eigenvalue weighted by atomic mass is 10.3. The molecule has 0 spiro atoms. The fourth-order valence-corrected chi connectivity index (χ4v) is 1.54. The molecule has 0 saturated heterocycles. The highest BCUT2D eigenvalue weighted by Crippen LogP contribution is 2.08. The van der Waals surface area contributed by atoms with E-state index in [0.717, 1.165) is 11.0 Å². The van der Waals surface area contributed by atoms with Gasteiger partial charge in [-0.2, -0.15) is 4.98 Å². The summed E-state index contributed by atoms with van der Waals surface area (Å²) < 4.78 is 4.88. The zero-order valence-electron chi connectivity index (χ0n) is 9.45. The predicted molar refractivity (Wildman–Crippen MR) is 63.8 cm³/mol. The molecule has 2 heterocycles. The lowest BCUT2D eigenvalue weighted by Crippen LogP contribution is -2.09. The topological polar surface area (TPSA) is 89.6 Å². The maximum absolute atomic E-state index is 4.88. The molecule has 0 unspecified atom stereocenters. The van der Waals surface area contributed by atoms with Gasteiger partial charge in [0, 0.05) is 13.0 Å². The number of anilines is 1. The first-order valence-corrected chi connectivity index (χ1v) is 5.51. The third-order valence-corrected chi connectivity index (χ3v) is 2.39. The van der Waals surface area contributed by atoms with Crippen molar-refractivity contribution in [1.29, 1.82) is 0 Å². The molecule has 2 aromatic heterocycles. The van der Waals surface area contributed by atoms with Gasteiger partial charge in [-0.25, -0.2) is 4.98 Å². The van der Waals surface area contributed by atoms with Crippen molar-refractivity contribution < 1.29 is 4.52 Å². The molecule has 0 amide bonds. The summed E-state index contributed by atoms with van der Waals surface area (Å²) >= 11 is 0. The number of nitrogens with one attached hydrogen (secondary N) is 1.